The molecule has 0 aliphatic heterocycles. The maximum atomic E-state index is 11.6. The minimum absolute atomic E-state index is 0.224. The molecule has 1 heterocycles. The van der Waals surface area contributed by atoms with Gasteiger partial charge in [-0.2, -0.15) is 0 Å². The van der Waals surface area contributed by atoms with Crippen LogP contribution in [0.3, 0.4) is 0 Å². The molecule has 2 saturated carbocycles. The summed E-state index contributed by atoms with van der Waals surface area (Å²) in [6.45, 7) is 0. The van der Waals surface area contributed by atoms with Crippen molar-refractivity contribution in [2.45, 2.75) is 50.0 Å². The number of carbonyl (C=O) groups is 1. The Balaban J connectivity index is 1.89. The number of nitrogens with zero attached hydrogens (tertiary/aromatic N) is 1. The fourth-order valence-electron chi connectivity index (χ4n) is 2.71. The van der Waals surface area contributed by atoms with Crippen molar-refractivity contribution in [2.24, 2.45) is 0 Å². The molecule has 0 atom stereocenters. The zero-order valence-electron chi connectivity index (χ0n) is 10.6. The van der Waals surface area contributed by atoms with E-state index in [9.17, 15) is 14.7 Å². The molecular weight excluding hydrogens is 246 g/mol. The second-order valence-corrected chi connectivity index (χ2v) is 5.51. The molecule has 0 aromatic carbocycles. The van der Waals surface area contributed by atoms with E-state index in [0.717, 1.165) is 25.7 Å². The van der Waals surface area contributed by atoms with Crippen LogP contribution >= 0.6 is 0 Å². The number of nitrogens with one attached hydrogen (secondary N) is 2. The number of hydrogen-bond acceptors (Lipinski definition) is 4. The van der Waals surface area contributed by atoms with Crippen LogP contribution < -0.4 is 10.9 Å². The van der Waals surface area contributed by atoms with Crippen molar-refractivity contribution in [3.8, 4) is 0 Å². The van der Waals surface area contributed by atoms with E-state index in [1.165, 1.54) is 6.07 Å². The first-order valence-electron chi connectivity index (χ1n) is 6.72. The maximum Gasteiger partial charge on any atom is 0.329 e. The Morgan fingerprint density at radius 2 is 2.11 bits per heavy atom. The van der Waals surface area contributed by atoms with Crippen molar-refractivity contribution in [3.63, 3.8) is 0 Å². The predicted molar refractivity (Wildman–Crippen MR) is 69.3 cm³/mol. The molecule has 2 fully saturated rings. The standard InChI is InChI=1S/C13H17N3O3/c17-10-7-9(14-11(15-10)8-3-4-8)16-13(12(18)19)5-1-2-6-13/h7-8H,1-6H2,(H,18,19)(H2,14,15,16,17). The summed E-state index contributed by atoms with van der Waals surface area (Å²) in [5, 5.41) is 12.4. The normalized spacial score (nSPS) is 21.3. The van der Waals surface area contributed by atoms with Crippen molar-refractivity contribution in [1.82, 2.24) is 9.97 Å². The van der Waals surface area contributed by atoms with E-state index < -0.39 is 11.5 Å². The van der Waals surface area contributed by atoms with Crippen LogP contribution in [0.5, 0.6) is 0 Å². The molecular formula is C13H17N3O3. The summed E-state index contributed by atoms with van der Waals surface area (Å²) >= 11 is 0. The van der Waals surface area contributed by atoms with Crippen LogP contribution in [-0.2, 0) is 4.79 Å². The van der Waals surface area contributed by atoms with Crippen molar-refractivity contribution >= 4 is 11.8 Å². The Morgan fingerprint density at radius 3 is 2.68 bits per heavy atom. The van der Waals surface area contributed by atoms with Crippen LogP contribution in [0.15, 0.2) is 10.9 Å². The van der Waals surface area contributed by atoms with Gasteiger partial charge in [-0.05, 0) is 25.7 Å². The van der Waals surface area contributed by atoms with E-state index in [1.54, 1.807) is 0 Å². The van der Waals surface area contributed by atoms with Gasteiger partial charge in [-0.3, -0.25) is 4.79 Å². The molecule has 102 valence electrons. The highest BCUT2D eigenvalue weighted by Crippen LogP contribution is 2.38. The van der Waals surface area contributed by atoms with E-state index in [1.807, 2.05) is 0 Å². The fraction of sp³-hybridized carbons (Fsp3) is 0.615. The Labute approximate surface area is 110 Å². The summed E-state index contributed by atoms with van der Waals surface area (Å²) in [6, 6.07) is 1.34. The zero-order chi connectivity index (χ0) is 13.5. The van der Waals surface area contributed by atoms with Gasteiger partial charge in [0.25, 0.3) is 5.56 Å². The van der Waals surface area contributed by atoms with Crippen molar-refractivity contribution < 1.29 is 9.90 Å². The fourth-order valence-corrected chi connectivity index (χ4v) is 2.71. The first-order valence-corrected chi connectivity index (χ1v) is 6.72. The second kappa shape index (κ2) is 4.36. The number of hydrogen-bond donors (Lipinski definition) is 3. The summed E-state index contributed by atoms with van der Waals surface area (Å²) in [4.78, 5) is 30.2. The van der Waals surface area contributed by atoms with Gasteiger partial charge in [0, 0.05) is 12.0 Å². The summed E-state index contributed by atoms with van der Waals surface area (Å²) in [6.07, 6.45) is 5.01. The van der Waals surface area contributed by atoms with Gasteiger partial charge in [0.1, 0.15) is 17.2 Å². The Hall–Kier alpha value is -1.85. The second-order valence-electron chi connectivity index (χ2n) is 5.51. The lowest BCUT2D eigenvalue weighted by Gasteiger charge is -2.25. The molecule has 19 heavy (non-hydrogen) atoms. The van der Waals surface area contributed by atoms with Gasteiger partial charge in [-0.15, -0.1) is 0 Å². The van der Waals surface area contributed by atoms with Crippen molar-refractivity contribution in [3.05, 3.63) is 22.2 Å². The van der Waals surface area contributed by atoms with Crippen LogP contribution in [0, 0.1) is 0 Å². The first kappa shape index (κ1) is 12.2. The number of H-pyrrole nitrogens is 1. The van der Waals surface area contributed by atoms with Gasteiger partial charge >= 0.3 is 5.97 Å². The number of carboxylic acids is 1. The summed E-state index contributed by atoms with van der Waals surface area (Å²) in [5.41, 5.74) is -1.18. The molecule has 3 rings (SSSR count). The molecule has 0 bridgehead atoms. The van der Waals surface area contributed by atoms with Crippen LogP contribution in [0.2, 0.25) is 0 Å². The first-order chi connectivity index (χ1) is 9.09. The minimum Gasteiger partial charge on any atom is -0.480 e. The number of aromatic nitrogens is 2. The molecule has 0 saturated heterocycles. The third kappa shape index (κ3) is 2.34. The highest BCUT2D eigenvalue weighted by molar-refractivity contribution is 5.82. The van der Waals surface area contributed by atoms with Gasteiger partial charge in [0.15, 0.2) is 0 Å². The highest BCUT2D eigenvalue weighted by Gasteiger charge is 2.41. The van der Waals surface area contributed by atoms with Crippen molar-refractivity contribution in [2.75, 3.05) is 5.32 Å². The lowest BCUT2D eigenvalue weighted by molar-refractivity contribution is -0.142. The number of anilines is 1. The van der Waals surface area contributed by atoms with Gasteiger partial charge in [0.05, 0.1) is 0 Å². The number of carboxylic acid groups (broad SMARTS) is 1. The lowest BCUT2D eigenvalue weighted by atomic mass is 9.98. The van der Waals surface area contributed by atoms with Crippen LogP contribution in [0.1, 0.15) is 50.3 Å². The lowest BCUT2D eigenvalue weighted by Crippen LogP contribution is -2.44. The minimum atomic E-state index is -0.957. The van der Waals surface area contributed by atoms with E-state index in [0.29, 0.717) is 30.4 Å². The average molecular weight is 263 g/mol. The Morgan fingerprint density at radius 1 is 1.42 bits per heavy atom. The monoisotopic (exact) mass is 263 g/mol. The Bertz CT molecular complexity index is 556. The molecule has 0 spiro atoms. The van der Waals surface area contributed by atoms with E-state index >= 15 is 0 Å². The molecule has 0 unspecified atom stereocenters. The largest absolute Gasteiger partial charge is 0.480 e. The highest BCUT2D eigenvalue weighted by atomic mass is 16.4. The van der Waals surface area contributed by atoms with E-state index in [4.69, 9.17) is 0 Å². The molecule has 6 nitrogen and oxygen atoms in total. The summed E-state index contributed by atoms with van der Waals surface area (Å²) in [5.74, 6) is 0.530. The maximum absolute atomic E-state index is 11.6. The molecule has 6 heteroatoms. The molecule has 1 aromatic rings. The quantitative estimate of drug-likeness (QED) is 0.764. The topological polar surface area (TPSA) is 95.1 Å². The zero-order valence-corrected chi connectivity index (χ0v) is 10.6. The van der Waals surface area contributed by atoms with Crippen molar-refractivity contribution in [1.29, 1.82) is 0 Å². The van der Waals surface area contributed by atoms with Gasteiger partial charge < -0.3 is 15.4 Å². The molecule has 0 radical (unpaired) electrons. The van der Waals surface area contributed by atoms with Gasteiger partial charge in [0.2, 0.25) is 0 Å². The number of aliphatic carboxylic acids is 1. The smallest absolute Gasteiger partial charge is 0.329 e. The number of aromatic amines is 1. The molecule has 0 amide bonds. The van der Waals surface area contributed by atoms with Crippen LogP contribution in [0.4, 0.5) is 5.82 Å². The molecule has 1 aromatic heterocycles. The van der Waals surface area contributed by atoms with E-state index in [-0.39, 0.29) is 5.56 Å². The third-order valence-corrected chi connectivity index (χ3v) is 3.96. The summed E-state index contributed by atoms with van der Waals surface area (Å²) in [7, 11) is 0. The average Bonchev–Trinajstić information content (AvgIpc) is 3.09. The number of rotatable bonds is 4. The molecule has 3 N–H and O–H groups in total. The predicted octanol–water partition coefficient (Wildman–Crippen LogP) is 1.46. The summed E-state index contributed by atoms with van der Waals surface area (Å²) < 4.78 is 0. The van der Waals surface area contributed by atoms with Gasteiger partial charge in [-0.1, -0.05) is 12.8 Å². The van der Waals surface area contributed by atoms with Crippen LogP contribution in [0.25, 0.3) is 0 Å². The molecule has 2 aliphatic rings. The SMILES string of the molecule is O=C(O)C1(Nc2cc(=O)[nH]c(C3CC3)n2)CCCC1. The van der Waals surface area contributed by atoms with Gasteiger partial charge in [-0.25, -0.2) is 9.78 Å². The third-order valence-electron chi connectivity index (χ3n) is 3.96. The molecule has 2 aliphatic carbocycles. The Kier molecular flexibility index (Phi) is 2.80. The van der Waals surface area contributed by atoms with Crippen LogP contribution in [-0.4, -0.2) is 26.6 Å². The van der Waals surface area contributed by atoms with E-state index in [2.05, 4.69) is 15.3 Å².